The van der Waals surface area contributed by atoms with E-state index in [0.29, 0.717) is 28.1 Å². The van der Waals surface area contributed by atoms with Gasteiger partial charge in [0, 0.05) is 40.4 Å². The van der Waals surface area contributed by atoms with E-state index in [1.807, 2.05) is 66.9 Å². The van der Waals surface area contributed by atoms with E-state index in [2.05, 4.69) is 10.9 Å². The van der Waals surface area contributed by atoms with Gasteiger partial charge in [-0.15, -0.1) is 0 Å². The summed E-state index contributed by atoms with van der Waals surface area (Å²) in [7, 11) is 1.55. The number of Topliss-reactive ketones (excluding diaryl/α,β-unsaturated/α-hetero) is 1. The number of carbonyl (C=O) groups is 3. The molecule has 208 valence electrons. The van der Waals surface area contributed by atoms with Gasteiger partial charge in [-0.25, -0.2) is 4.68 Å². The van der Waals surface area contributed by atoms with Crippen LogP contribution >= 0.6 is 0 Å². The standard InChI is InChI=1S/C34H28N4O4/c1-42-30-19-17-24(18-20-30)31(39)22-27(34(41)36-35-33(40)26-13-7-3-8-14-26)21-28-23-38(29-15-9-4-10-16-29)37-32(28)25-11-5-2-6-12-25/h2-21,23H,22H2,1H3,(H,35,40)(H,36,41)/b27-21+. The summed E-state index contributed by atoms with van der Waals surface area (Å²) in [6.45, 7) is 0. The molecule has 5 aromatic rings. The molecule has 0 fully saturated rings. The Kier molecular flexibility index (Phi) is 8.64. The van der Waals surface area contributed by atoms with Crippen molar-refractivity contribution < 1.29 is 19.1 Å². The second-order valence-electron chi connectivity index (χ2n) is 9.35. The van der Waals surface area contributed by atoms with Crippen molar-refractivity contribution in [3.63, 3.8) is 0 Å². The van der Waals surface area contributed by atoms with Gasteiger partial charge in [-0.3, -0.25) is 25.2 Å². The van der Waals surface area contributed by atoms with E-state index in [-0.39, 0.29) is 17.8 Å². The zero-order valence-corrected chi connectivity index (χ0v) is 22.9. The molecule has 4 aromatic carbocycles. The van der Waals surface area contributed by atoms with Crippen LogP contribution in [0.3, 0.4) is 0 Å². The molecule has 0 bridgehead atoms. The molecular formula is C34H28N4O4. The average molecular weight is 557 g/mol. The molecule has 0 radical (unpaired) electrons. The minimum absolute atomic E-state index is 0.147. The van der Waals surface area contributed by atoms with E-state index in [0.717, 1.165) is 11.3 Å². The van der Waals surface area contributed by atoms with Crippen molar-refractivity contribution in [2.45, 2.75) is 6.42 Å². The molecule has 42 heavy (non-hydrogen) atoms. The number of hydrazine groups is 1. The molecule has 0 saturated carbocycles. The van der Waals surface area contributed by atoms with Crippen LogP contribution in [-0.4, -0.2) is 34.5 Å². The second-order valence-corrected chi connectivity index (χ2v) is 9.35. The minimum Gasteiger partial charge on any atom is -0.497 e. The van der Waals surface area contributed by atoms with Gasteiger partial charge in [0.2, 0.25) is 0 Å². The number of benzene rings is 4. The summed E-state index contributed by atoms with van der Waals surface area (Å²) in [5.41, 5.74) is 8.81. The third kappa shape index (κ3) is 6.68. The average Bonchev–Trinajstić information content (AvgIpc) is 3.48. The first kappa shape index (κ1) is 27.8. The van der Waals surface area contributed by atoms with Crippen molar-refractivity contribution >= 4 is 23.7 Å². The van der Waals surface area contributed by atoms with Crippen LogP contribution in [0.1, 0.15) is 32.7 Å². The lowest BCUT2D eigenvalue weighted by Crippen LogP contribution is -2.42. The quantitative estimate of drug-likeness (QED) is 0.138. The Morgan fingerprint density at radius 2 is 1.38 bits per heavy atom. The van der Waals surface area contributed by atoms with Crippen molar-refractivity contribution in [2.75, 3.05) is 7.11 Å². The maximum Gasteiger partial charge on any atom is 0.269 e. The fourth-order valence-electron chi connectivity index (χ4n) is 4.32. The molecule has 0 aliphatic rings. The van der Waals surface area contributed by atoms with E-state index in [4.69, 9.17) is 9.84 Å². The number of aromatic nitrogens is 2. The number of ketones is 1. The maximum atomic E-state index is 13.5. The van der Waals surface area contributed by atoms with E-state index in [9.17, 15) is 14.4 Å². The molecule has 0 aliphatic heterocycles. The highest BCUT2D eigenvalue weighted by atomic mass is 16.5. The van der Waals surface area contributed by atoms with Crippen LogP contribution in [0.15, 0.2) is 127 Å². The summed E-state index contributed by atoms with van der Waals surface area (Å²) < 4.78 is 6.92. The van der Waals surface area contributed by atoms with Crippen molar-refractivity contribution in [2.24, 2.45) is 0 Å². The first-order chi connectivity index (χ1) is 20.5. The van der Waals surface area contributed by atoms with E-state index < -0.39 is 11.8 Å². The lowest BCUT2D eigenvalue weighted by molar-refractivity contribution is -0.118. The minimum atomic E-state index is -0.618. The SMILES string of the molecule is COc1ccc(C(=O)C/C(=C\c2cn(-c3ccccc3)nc2-c2ccccc2)C(=O)NNC(=O)c2ccccc2)cc1. The van der Waals surface area contributed by atoms with E-state index in [1.54, 1.807) is 72.5 Å². The fourth-order valence-corrected chi connectivity index (χ4v) is 4.32. The topological polar surface area (TPSA) is 102 Å². The summed E-state index contributed by atoms with van der Waals surface area (Å²) >= 11 is 0. The number of rotatable bonds is 9. The van der Waals surface area contributed by atoms with Gasteiger partial charge in [-0.05, 0) is 54.6 Å². The highest BCUT2D eigenvalue weighted by Crippen LogP contribution is 2.27. The number of hydrogen-bond donors (Lipinski definition) is 2. The first-order valence-corrected chi connectivity index (χ1v) is 13.3. The number of ether oxygens (including phenoxy) is 1. The summed E-state index contributed by atoms with van der Waals surface area (Å²) in [5.74, 6) is -0.756. The highest BCUT2D eigenvalue weighted by Gasteiger charge is 2.19. The predicted molar refractivity (Wildman–Crippen MR) is 161 cm³/mol. The molecule has 8 heteroatoms. The monoisotopic (exact) mass is 556 g/mol. The number of para-hydroxylation sites is 1. The predicted octanol–water partition coefficient (Wildman–Crippen LogP) is 5.67. The summed E-state index contributed by atoms with van der Waals surface area (Å²) in [6, 6.07) is 34.4. The van der Waals surface area contributed by atoms with Gasteiger partial charge in [0.15, 0.2) is 5.78 Å². The molecule has 2 amide bonds. The lowest BCUT2D eigenvalue weighted by atomic mass is 9.99. The van der Waals surface area contributed by atoms with Crippen LogP contribution in [0.4, 0.5) is 0 Å². The zero-order valence-electron chi connectivity index (χ0n) is 22.9. The van der Waals surface area contributed by atoms with Crippen molar-refractivity contribution in [1.29, 1.82) is 0 Å². The smallest absolute Gasteiger partial charge is 0.269 e. The Hall–Kier alpha value is -5.76. The summed E-state index contributed by atoms with van der Waals surface area (Å²) in [4.78, 5) is 39.4. The second kappa shape index (κ2) is 13.1. The Bertz CT molecular complexity index is 1710. The molecule has 1 aromatic heterocycles. The molecule has 8 nitrogen and oxygen atoms in total. The number of carbonyl (C=O) groups excluding carboxylic acids is 3. The Labute approximate surface area is 243 Å². The lowest BCUT2D eigenvalue weighted by Gasteiger charge is -2.11. The van der Waals surface area contributed by atoms with Gasteiger partial charge in [-0.1, -0.05) is 66.7 Å². The van der Waals surface area contributed by atoms with Gasteiger partial charge in [0.1, 0.15) is 5.75 Å². The van der Waals surface area contributed by atoms with Crippen LogP contribution in [-0.2, 0) is 4.79 Å². The van der Waals surface area contributed by atoms with E-state index in [1.165, 1.54) is 0 Å². The largest absolute Gasteiger partial charge is 0.497 e. The number of amides is 2. The van der Waals surface area contributed by atoms with Gasteiger partial charge < -0.3 is 4.74 Å². The van der Waals surface area contributed by atoms with Crippen molar-refractivity contribution in [1.82, 2.24) is 20.6 Å². The van der Waals surface area contributed by atoms with E-state index >= 15 is 0 Å². The third-order valence-electron chi connectivity index (χ3n) is 6.52. The van der Waals surface area contributed by atoms with Gasteiger partial charge in [-0.2, -0.15) is 5.10 Å². The first-order valence-electron chi connectivity index (χ1n) is 13.3. The Balaban J connectivity index is 1.51. The third-order valence-corrected chi connectivity index (χ3v) is 6.52. The van der Waals surface area contributed by atoms with Crippen LogP contribution in [0.2, 0.25) is 0 Å². The van der Waals surface area contributed by atoms with Crippen LogP contribution in [0.5, 0.6) is 5.75 Å². The number of nitrogens with one attached hydrogen (secondary N) is 2. The highest BCUT2D eigenvalue weighted by molar-refractivity contribution is 6.08. The summed E-state index contributed by atoms with van der Waals surface area (Å²) in [5, 5.41) is 4.81. The molecule has 1 heterocycles. The van der Waals surface area contributed by atoms with Crippen molar-refractivity contribution in [3.8, 4) is 22.7 Å². The zero-order chi connectivity index (χ0) is 29.3. The molecule has 0 spiro atoms. The number of methoxy groups -OCH3 is 1. The van der Waals surface area contributed by atoms with Gasteiger partial charge in [0.25, 0.3) is 11.8 Å². The van der Waals surface area contributed by atoms with Gasteiger partial charge >= 0.3 is 0 Å². The van der Waals surface area contributed by atoms with Gasteiger partial charge in [0.05, 0.1) is 18.5 Å². The molecule has 0 unspecified atom stereocenters. The molecular weight excluding hydrogens is 528 g/mol. The Morgan fingerprint density at radius 3 is 2.02 bits per heavy atom. The molecule has 0 atom stereocenters. The van der Waals surface area contributed by atoms with Crippen LogP contribution < -0.4 is 15.6 Å². The molecule has 5 rings (SSSR count). The maximum absolute atomic E-state index is 13.5. The summed E-state index contributed by atoms with van der Waals surface area (Å²) in [6.07, 6.45) is 3.23. The Morgan fingerprint density at radius 1 is 0.762 bits per heavy atom. The van der Waals surface area contributed by atoms with Crippen LogP contribution in [0, 0.1) is 0 Å². The molecule has 0 saturated heterocycles. The normalized spacial score (nSPS) is 11.0. The molecule has 2 N–H and O–H groups in total. The van der Waals surface area contributed by atoms with Crippen LogP contribution in [0.25, 0.3) is 23.0 Å². The fraction of sp³-hybridized carbons (Fsp3) is 0.0588. The number of nitrogens with zero attached hydrogens (tertiary/aromatic N) is 2. The van der Waals surface area contributed by atoms with Crippen molar-refractivity contribution in [3.05, 3.63) is 144 Å². The molecule has 0 aliphatic carbocycles. The number of hydrogen-bond acceptors (Lipinski definition) is 5.